The first-order chi connectivity index (χ1) is 14.8. The van der Waals surface area contributed by atoms with Crippen molar-refractivity contribution < 1.29 is 0 Å². The molecule has 0 saturated heterocycles. The summed E-state index contributed by atoms with van der Waals surface area (Å²) in [5, 5.41) is 8.61. The molecule has 0 aliphatic rings. The second-order valence-electron chi connectivity index (χ2n) is 8.47. The van der Waals surface area contributed by atoms with Gasteiger partial charge < -0.3 is 4.90 Å². The van der Waals surface area contributed by atoms with Crippen LogP contribution in [0.2, 0.25) is 0 Å². The van der Waals surface area contributed by atoms with E-state index in [0.29, 0.717) is 5.69 Å². The standard InChI is InChI=1S/C25H41N5/c1-4-6-8-10-12-14-18-29(19-15-13-11-9-7-5-2)20-21-30-25-22-23(26-3)16-17-24(25)27-28-30/h16-17,22H,4-15,18-21H2,1-2H3. The fourth-order valence-electron chi connectivity index (χ4n) is 3.99. The predicted octanol–water partition coefficient (Wildman–Crippen LogP) is 7.01. The molecular formula is C25H41N5. The van der Waals surface area contributed by atoms with Crippen LogP contribution in [0.15, 0.2) is 18.2 Å². The fourth-order valence-corrected chi connectivity index (χ4v) is 3.99. The number of benzene rings is 1. The molecule has 0 fully saturated rings. The van der Waals surface area contributed by atoms with E-state index >= 15 is 0 Å². The van der Waals surface area contributed by atoms with Gasteiger partial charge in [-0.15, -0.1) is 5.10 Å². The number of nitrogens with zero attached hydrogens (tertiary/aromatic N) is 5. The fraction of sp³-hybridized carbons (Fsp3) is 0.720. The Hall–Kier alpha value is -1.93. The number of aromatic nitrogens is 3. The third-order valence-electron chi connectivity index (χ3n) is 5.91. The van der Waals surface area contributed by atoms with Gasteiger partial charge in [-0.2, -0.15) is 0 Å². The van der Waals surface area contributed by atoms with Gasteiger partial charge in [0.1, 0.15) is 5.52 Å². The Morgan fingerprint density at radius 3 is 2.03 bits per heavy atom. The van der Waals surface area contributed by atoms with Gasteiger partial charge in [0.05, 0.1) is 18.6 Å². The summed E-state index contributed by atoms with van der Waals surface area (Å²) in [5.41, 5.74) is 2.51. The monoisotopic (exact) mass is 411 g/mol. The summed E-state index contributed by atoms with van der Waals surface area (Å²) >= 11 is 0. The van der Waals surface area contributed by atoms with Crippen molar-refractivity contribution in [1.82, 2.24) is 19.9 Å². The van der Waals surface area contributed by atoms with E-state index in [2.05, 4.69) is 33.9 Å². The van der Waals surface area contributed by atoms with Crippen LogP contribution in [-0.4, -0.2) is 39.5 Å². The van der Waals surface area contributed by atoms with Crippen molar-refractivity contribution in [2.24, 2.45) is 0 Å². The van der Waals surface area contributed by atoms with Gasteiger partial charge in [-0.25, -0.2) is 9.53 Å². The van der Waals surface area contributed by atoms with Crippen LogP contribution in [0.5, 0.6) is 0 Å². The first kappa shape index (κ1) is 24.3. The molecule has 1 aromatic heterocycles. The lowest BCUT2D eigenvalue weighted by Gasteiger charge is -2.22. The summed E-state index contributed by atoms with van der Waals surface area (Å²) in [4.78, 5) is 6.17. The minimum absolute atomic E-state index is 0.655. The second-order valence-corrected chi connectivity index (χ2v) is 8.47. The molecule has 1 aromatic carbocycles. The molecule has 0 N–H and O–H groups in total. The first-order valence-corrected chi connectivity index (χ1v) is 12.2. The Labute approximate surface area is 183 Å². The zero-order valence-electron chi connectivity index (χ0n) is 19.3. The first-order valence-electron chi connectivity index (χ1n) is 12.2. The molecule has 0 spiro atoms. The lowest BCUT2D eigenvalue weighted by atomic mass is 10.1. The van der Waals surface area contributed by atoms with Crippen molar-refractivity contribution in [2.75, 3.05) is 19.6 Å². The van der Waals surface area contributed by atoms with Crippen molar-refractivity contribution in [1.29, 1.82) is 0 Å². The highest BCUT2D eigenvalue weighted by Crippen LogP contribution is 2.19. The summed E-state index contributed by atoms with van der Waals surface area (Å²) in [7, 11) is 0. The van der Waals surface area contributed by atoms with Crippen LogP contribution in [0.1, 0.15) is 90.9 Å². The lowest BCUT2D eigenvalue weighted by Crippen LogP contribution is -2.30. The van der Waals surface area contributed by atoms with Crippen molar-refractivity contribution in [3.63, 3.8) is 0 Å². The van der Waals surface area contributed by atoms with E-state index in [1.165, 1.54) is 90.1 Å². The molecule has 0 radical (unpaired) electrons. The molecule has 1 heterocycles. The van der Waals surface area contributed by atoms with Gasteiger partial charge in [0.25, 0.3) is 0 Å². The molecule has 166 valence electrons. The second kappa shape index (κ2) is 15.0. The maximum absolute atomic E-state index is 7.25. The maximum atomic E-state index is 7.25. The van der Waals surface area contributed by atoms with Crippen LogP contribution in [-0.2, 0) is 6.54 Å². The average Bonchev–Trinajstić information content (AvgIpc) is 3.18. The number of hydrogen-bond acceptors (Lipinski definition) is 3. The third kappa shape index (κ3) is 8.83. The summed E-state index contributed by atoms with van der Waals surface area (Å²) in [6, 6.07) is 5.63. The average molecular weight is 412 g/mol. The predicted molar refractivity (Wildman–Crippen MR) is 127 cm³/mol. The highest BCUT2D eigenvalue weighted by molar-refractivity contribution is 5.78. The number of fused-ring (bicyclic) bond motifs is 1. The van der Waals surface area contributed by atoms with Gasteiger partial charge in [0.15, 0.2) is 5.69 Å². The van der Waals surface area contributed by atoms with Crippen LogP contribution >= 0.6 is 0 Å². The molecule has 0 amide bonds. The van der Waals surface area contributed by atoms with Gasteiger partial charge in [-0.05, 0) is 38.1 Å². The van der Waals surface area contributed by atoms with Gasteiger partial charge in [0.2, 0.25) is 0 Å². The van der Waals surface area contributed by atoms with E-state index in [-0.39, 0.29) is 0 Å². The quantitative estimate of drug-likeness (QED) is 0.208. The Balaban J connectivity index is 1.83. The van der Waals surface area contributed by atoms with E-state index in [9.17, 15) is 0 Å². The minimum atomic E-state index is 0.655. The number of hydrogen-bond donors (Lipinski definition) is 0. The normalized spacial score (nSPS) is 11.4. The SMILES string of the molecule is [C-]#[N+]c1ccc2nnn(CCN(CCCCCCCC)CCCCCCCC)c2c1. The Bertz CT molecular complexity index is 730. The molecule has 2 rings (SSSR count). The van der Waals surface area contributed by atoms with Gasteiger partial charge >= 0.3 is 0 Å². The van der Waals surface area contributed by atoms with E-state index in [4.69, 9.17) is 6.57 Å². The Kier molecular flexibility index (Phi) is 12.1. The van der Waals surface area contributed by atoms with E-state index < -0.39 is 0 Å². The van der Waals surface area contributed by atoms with Crippen LogP contribution in [0.3, 0.4) is 0 Å². The number of rotatable bonds is 17. The minimum Gasteiger partial charge on any atom is -0.301 e. The molecule has 0 unspecified atom stereocenters. The van der Waals surface area contributed by atoms with E-state index in [0.717, 1.165) is 24.1 Å². The highest BCUT2D eigenvalue weighted by Gasteiger charge is 2.09. The summed E-state index contributed by atoms with van der Waals surface area (Å²) in [5.74, 6) is 0. The van der Waals surface area contributed by atoms with Crippen molar-refractivity contribution >= 4 is 16.7 Å². The molecule has 0 atom stereocenters. The van der Waals surface area contributed by atoms with Gasteiger partial charge in [-0.1, -0.05) is 89.3 Å². The molecule has 5 heteroatoms. The molecule has 0 aliphatic carbocycles. The summed E-state index contributed by atoms with van der Waals surface area (Å²) in [6.45, 7) is 16.0. The van der Waals surface area contributed by atoms with Crippen LogP contribution in [0, 0.1) is 6.57 Å². The Morgan fingerprint density at radius 2 is 1.43 bits per heavy atom. The van der Waals surface area contributed by atoms with Crippen LogP contribution < -0.4 is 0 Å². The molecule has 5 nitrogen and oxygen atoms in total. The number of unbranched alkanes of at least 4 members (excludes halogenated alkanes) is 10. The van der Waals surface area contributed by atoms with Crippen molar-refractivity contribution in [3.05, 3.63) is 29.6 Å². The van der Waals surface area contributed by atoms with Gasteiger partial charge in [0, 0.05) is 6.54 Å². The zero-order chi connectivity index (χ0) is 21.4. The van der Waals surface area contributed by atoms with Crippen molar-refractivity contribution in [2.45, 2.75) is 97.4 Å². The maximum Gasteiger partial charge on any atom is 0.189 e. The Morgan fingerprint density at radius 1 is 0.833 bits per heavy atom. The summed E-state index contributed by atoms with van der Waals surface area (Å²) < 4.78 is 1.97. The molecular weight excluding hydrogens is 370 g/mol. The molecule has 2 aromatic rings. The van der Waals surface area contributed by atoms with Crippen LogP contribution in [0.25, 0.3) is 15.9 Å². The molecule has 0 aliphatic heterocycles. The van der Waals surface area contributed by atoms with E-state index in [1.807, 2.05) is 22.9 Å². The zero-order valence-corrected chi connectivity index (χ0v) is 19.3. The third-order valence-corrected chi connectivity index (χ3v) is 5.91. The lowest BCUT2D eigenvalue weighted by molar-refractivity contribution is 0.247. The van der Waals surface area contributed by atoms with Crippen molar-refractivity contribution in [3.8, 4) is 0 Å². The summed E-state index contributed by atoms with van der Waals surface area (Å²) in [6.07, 6.45) is 16.1. The highest BCUT2D eigenvalue weighted by atomic mass is 15.4. The van der Waals surface area contributed by atoms with Crippen LogP contribution in [0.4, 0.5) is 5.69 Å². The van der Waals surface area contributed by atoms with E-state index in [1.54, 1.807) is 0 Å². The molecule has 30 heavy (non-hydrogen) atoms. The molecule has 0 saturated carbocycles. The topological polar surface area (TPSA) is 38.3 Å². The largest absolute Gasteiger partial charge is 0.301 e. The smallest absolute Gasteiger partial charge is 0.189 e. The van der Waals surface area contributed by atoms with Gasteiger partial charge in [-0.3, -0.25) is 0 Å². The molecule has 0 bridgehead atoms.